The number of hydrogen-bond acceptors (Lipinski definition) is 2. The van der Waals surface area contributed by atoms with Gasteiger partial charge in [0.1, 0.15) is 0 Å². The lowest BCUT2D eigenvalue weighted by Crippen LogP contribution is -2.13. The Bertz CT molecular complexity index is 154. The highest BCUT2D eigenvalue weighted by atomic mass is 16.5. The van der Waals surface area contributed by atoms with Gasteiger partial charge in [-0.15, -0.1) is 0 Å². The lowest BCUT2D eigenvalue weighted by Gasteiger charge is -2.13. The summed E-state index contributed by atoms with van der Waals surface area (Å²) in [5, 5.41) is 0. The van der Waals surface area contributed by atoms with Gasteiger partial charge >= 0.3 is 5.97 Å². The maximum atomic E-state index is 11.1. The van der Waals surface area contributed by atoms with E-state index in [1.807, 2.05) is 6.92 Å². The summed E-state index contributed by atoms with van der Waals surface area (Å²) >= 11 is 0. The Morgan fingerprint density at radius 3 is 2.75 bits per heavy atom. The SMILES string of the molecule is CCOC(=O)CC1CCCC1C. The number of carbonyl (C=O) groups excluding carboxylic acids is 1. The fraction of sp³-hybridized carbons (Fsp3) is 0.900. The topological polar surface area (TPSA) is 26.3 Å². The first kappa shape index (κ1) is 9.56. The van der Waals surface area contributed by atoms with Gasteiger partial charge in [0.2, 0.25) is 0 Å². The molecule has 0 aromatic carbocycles. The molecule has 1 aliphatic carbocycles. The molecule has 1 fully saturated rings. The van der Waals surface area contributed by atoms with Crippen molar-refractivity contribution in [3.8, 4) is 0 Å². The molecule has 0 heterocycles. The van der Waals surface area contributed by atoms with Crippen molar-refractivity contribution >= 4 is 5.97 Å². The van der Waals surface area contributed by atoms with Crippen LogP contribution < -0.4 is 0 Å². The van der Waals surface area contributed by atoms with Gasteiger partial charge < -0.3 is 4.74 Å². The zero-order chi connectivity index (χ0) is 8.97. The predicted octanol–water partition coefficient (Wildman–Crippen LogP) is 2.38. The molecular formula is C10H18O2. The highest BCUT2D eigenvalue weighted by Gasteiger charge is 2.25. The number of ether oxygens (including phenoxy) is 1. The van der Waals surface area contributed by atoms with Gasteiger partial charge in [0.25, 0.3) is 0 Å². The molecular weight excluding hydrogens is 152 g/mol. The molecule has 0 spiro atoms. The molecule has 0 radical (unpaired) electrons. The molecule has 2 heteroatoms. The lowest BCUT2D eigenvalue weighted by atomic mass is 9.95. The van der Waals surface area contributed by atoms with Gasteiger partial charge in [-0.05, 0) is 25.2 Å². The third-order valence-corrected chi connectivity index (χ3v) is 2.77. The molecule has 2 atom stereocenters. The summed E-state index contributed by atoms with van der Waals surface area (Å²) in [5.74, 6) is 1.29. The molecule has 1 rings (SSSR count). The molecule has 0 amide bonds. The Morgan fingerprint density at radius 1 is 1.50 bits per heavy atom. The Morgan fingerprint density at radius 2 is 2.25 bits per heavy atom. The normalized spacial score (nSPS) is 28.8. The summed E-state index contributed by atoms with van der Waals surface area (Å²) in [4.78, 5) is 11.1. The summed E-state index contributed by atoms with van der Waals surface area (Å²) < 4.78 is 4.91. The lowest BCUT2D eigenvalue weighted by molar-refractivity contribution is -0.144. The van der Waals surface area contributed by atoms with Gasteiger partial charge in [0, 0.05) is 6.42 Å². The Kier molecular flexibility index (Phi) is 3.57. The quantitative estimate of drug-likeness (QED) is 0.608. The van der Waals surface area contributed by atoms with E-state index < -0.39 is 0 Å². The monoisotopic (exact) mass is 170 g/mol. The van der Waals surface area contributed by atoms with Crippen molar-refractivity contribution in [1.29, 1.82) is 0 Å². The smallest absolute Gasteiger partial charge is 0.306 e. The number of carbonyl (C=O) groups is 1. The van der Waals surface area contributed by atoms with Crippen molar-refractivity contribution in [3.05, 3.63) is 0 Å². The molecule has 0 aromatic rings. The average Bonchev–Trinajstić information content (AvgIpc) is 2.37. The predicted molar refractivity (Wildman–Crippen MR) is 47.8 cm³/mol. The van der Waals surface area contributed by atoms with Crippen LogP contribution in [0.4, 0.5) is 0 Å². The maximum absolute atomic E-state index is 11.1. The van der Waals surface area contributed by atoms with Gasteiger partial charge in [0.05, 0.1) is 6.61 Å². The van der Waals surface area contributed by atoms with Gasteiger partial charge in [-0.3, -0.25) is 4.79 Å². The van der Waals surface area contributed by atoms with E-state index in [1.165, 1.54) is 19.3 Å². The highest BCUT2D eigenvalue weighted by molar-refractivity contribution is 5.69. The second-order valence-electron chi connectivity index (χ2n) is 3.68. The van der Waals surface area contributed by atoms with Crippen LogP contribution in [-0.4, -0.2) is 12.6 Å². The minimum Gasteiger partial charge on any atom is -0.466 e. The van der Waals surface area contributed by atoms with Crippen LogP contribution in [0.5, 0.6) is 0 Å². The van der Waals surface area contributed by atoms with Crippen LogP contribution >= 0.6 is 0 Å². The van der Waals surface area contributed by atoms with Crippen molar-refractivity contribution in [2.24, 2.45) is 11.8 Å². The largest absolute Gasteiger partial charge is 0.466 e. The molecule has 1 aliphatic rings. The summed E-state index contributed by atoms with van der Waals surface area (Å²) in [7, 11) is 0. The molecule has 2 unspecified atom stereocenters. The van der Waals surface area contributed by atoms with E-state index in [0.717, 1.165) is 5.92 Å². The fourth-order valence-corrected chi connectivity index (χ4v) is 1.96. The van der Waals surface area contributed by atoms with Gasteiger partial charge in [0.15, 0.2) is 0 Å². The van der Waals surface area contributed by atoms with Crippen LogP contribution in [0.1, 0.15) is 39.5 Å². The minimum absolute atomic E-state index is 0.0174. The van der Waals surface area contributed by atoms with Gasteiger partial charge in [-0.25, -0.2) is 0 Å². The second kappa shape index (κ2) is 4.48. The van der Waals surface area contributed by atoms with Crippen molar-refractivity contribution in [3.63, 3.8) is 0 Å². The first-order valence-electron chi connectivity index (χ1n) is 4.89. The highest BCUT2D eigenvalue weighted by Crippen LogP contribution is 2.33. The summed E-state index contributed by atoms with van der Waals surface area (Å²) in [5.41, 5.74) is 0. The summed E-state index contributed by atoms with van der Waals surface area (Å²) in [6.07, 6.45) is 4.41. The average molecular weight is 170 g/mol. The molecule has 2 nitrogen and oxygen atoms in total. The maximum Gasteiger partial charge on any atom is 0.306 e. The van der Waals surface area contributed by atoms with Crippen molar-refractivity contribution in [1.82, 2.24) is 0 Å². The van der Waals surface area contributed by atoms with Crippen LogP contribution in [0.25, 0.3) is 0 Å². The van der Waals surface area contributed by atoms with E-state index in [9.17, 15) is 4.79 Å². The summed E-state index contributed by atoms with van der Waals surface area (Å²) in [6, 6.07) is 0. The molecule has 0 aliphatic heterocycles. The van der Waals surface area contributed by atoms with E-state index in [0.29, 0.717) is 18.9 Å². The first-order valence-corrected chi connectivity index (χ1v) is 4.89. The van der Waals surface area contributed by atoms with Crippen molar-refractivity contribution < 1.29 is 9.53 Å². The van der Waals surface area contributed by atoms with Crippen LogP contribution in [0.2, 0.25) is 0 Å². The Labute approximate surface area is 74.3 Å². The third kappa shape index (κ3) is 2.50. The van der Waals surface area contributed by atoms with E-state index in [2.05, 4.69) is 6.92 Å². The standard InChI is InChI=1S/C10H18O2/c1-3-12-10(11)7-9-6-4-5-8(9)2/h8-9H,3-7H2,1-2H3. The van der Waals surface area contributed by atoms with E-state index >= 15 is 0 Å². The molecule has 0 saturated heterocycles. The number of esters is 1. The van der Waals surface area contributed by atoms with Gasteiger partial charge in [-0.2, -0.15) is 0 Å². The molecule has 0 bridgehead atoms. The third-order valence-electron chi connectivity index (χ3n) is 2.77. The molecule has 1 saturated carbocycles. The first-order chi connectivity index (χ1) is 5.74. The number of hydrogen-bond donors (Lipinski definition) is 0. The van der Waals surface area contributed by atoms with Crippen LogP contribution in [-0.2, 0) is 9.53 Å². The molecule has 0 N–H and O–H groups in total. The van der Waals surface area contributed by atoms with Crippen LogP contribution in [0, 0.1) is 11.8 Å². The minimum atomic E-state index is -0.0174. The van der Waals surface area contributed by atoms with Crippen LogP contribution in [0.15, 0.2) is 0 Å². The van der Waals surface area contributed by atoms with Crippen molar-refractivity contribution in [2.45, 2.75) is 39.5 Å². The van der Waals surface area contributed by atoms with Crippen LogP contribution in [0.3, 0.4) is 0 Å². The van der Waals surface area contributed by atoms with E-state index in [1.54, 1.807) is 0 Å². The summed E-state index contributed by atoms with van der Waals surface area (Å²) in [6.45, 7) is 4.60. The second-order valence-corrected chi connectivity index (χ2v) is 3.68. The zero-order valence-corrected chi connectivity index (χ0v) is 8.01. The Balaban J connectivity index is 2.25. The van der Waals surface area contributed by atoms with E-state index in [4.69, 9.17) is 4.74 Å². The molecule has 12 heavy (non-hydrogen) atoms. The van der Waals surface area contributed by atoms with E-state index in [-0.39, 0.29) is 5.97 Å². The Hall–Kier alpha value is -0.530. The van der Waals surface area contributed by atoms with Gasteiger partial charge in [-0.1, -0.05) is 19.8 Å². The zero-order valence-electron chi connectivity index (χ0n) is 8.01. The fourth-order valence-electron chi connectivity index (χ4n) is 1.96. The van der Waals surface area contributed by atoms with Crippen molar-refractivity contribution in [2.75, 3.05) is 6.61 Å². The molecule has 70 valence electrons. The molecule has 0 aromatic heterocycles. The number of rotatable bonds is 3.